The first-order chi connectivity index (χ1) is 8.10. The minimum Gasteiger partial charge on any atom is -0.508 e. The zero-order valence-electron chi connectivity index (χ0n) is 10.0. The van der Waals surface area contributed by atoms with Gasteiger partial charge in [0, 0.05) is 12.6 Å². The average molecular weight is 239 g/mol. The number of amides is 1. The molecule has 0 fully saturated rings. The number of aliphatic hydroxyl groups is 1. The Balaban J connectivity index is 2.92. The van der Waals surface area contributed by atoms with E-state index in [1.165, 1.54) is 11.0 Å². The van der Waals surface area contributed by atoms with Gasteiger partial charge in [-0.05, 0) is 25.5 Å². The second-order valence-electron chi connectivity index (χ2n) is 3.55. The van der Waals surface area contributed by atoms with E-state index in [0.29, 0.717) is 12.2 Å². The molecule has 0 heterocycles. The van der Waals surface area contributed by atoms with Gasteiger partial charge in [-0.3, -0.25) is 4.90 Å². The zero-order chi connectivity index (χ0) is 12.8. The fraction of sp³-hybridized carbons (Fsp3) is 0.417. The van der Waals surface area contributed by atoms with Crippen molar-refractivity contribution in [2.75, 3.05) is 24.7 Å². The third-order valence-electron chi connectivity index (χ3n) is 2.34. The lowest BCUT2D eigenvalue weighted by Crippen LogP contribution is -2.32. The van der Waals surface area contributed by atoms with Gasteiger partial charge in [0.25, 0.3) is 0 Å². The molecule has 1 rings (SSSR count). The van der Waals surface area contributed by atoms with Crippen molar-refractivity contribution in [1.82, 2.24) is 0 Å². The molecule has 0 saturated carbocycles. The van der Waals surface area contributed by atoms with Gasteiger partial charge in [-0.1, -0.05) is 6.07 Å². The van der Waals surface area contributed by atoms with Gasteiger partial charge in [0.15, 0.2) is 0 Å². The molecular formula is C12H17NO4. The number of aliphatic hydroxyl groups excluding tert-OH is 1. The van der Waals surface area contributed by atoms with Crippen molar-refractivity contribution < 1.29 is 19.7 Å². The number of carbonyl (C=O) groups is 1. The quantitative estimate of drug-likeness (QED) is 0.838. The van der Waals surface area contributed by atoms with Crippen molar-refractivity contribution in [3.8, 4) is 5.75 Å². The van der Waals surface area contributed by atoms with Gasteiger partial charge in [0.1, 0.15) is 12.4 Å². The van der Waals surface area contributed by atoms with Crippen LogP contribution in [0.5, 0.6) is 5.75 Å². The Labute approximate surface area is 100 Å². The molecule has 0 unspecified atom stereocenters. The molecule has 0 saturated heterocycles. The molecule has 5 nitrogen and oxygen atoms in total. The van der Waals surface area contributed by atoms with Crippen LogP contribution >= 0.6 is 0 Å². The summed E-state index contributed by atoms with van der Waals surface area (Å²) in [5.41, 5.74) is 1.47. The number of rotatable bonds is 4. The fourth-order valence-electron chi connectivity index (χ4n) is 1.50. The molecule has 1 aromatic carbocycles. The maximum atomic E-state index is 11.7. The van der Waals surface area contributed by atoms with Crippen LogP contribution in [0.15, 0.2) is 18.2 Å². The topological polar surface area (TPSA) is 70.0 Å². The lowest BCUT2D eigenvalue weighted by molar-refractivity contribution is 0.125. The molecule has 94 valence electrons. The van der Waals surface area contributed by atoms with Crippen LogP contribution in [-0.2, 0) is 4.74 Å². The van der Waals surface area contributed by atoms with E-state index < -0.39 is 6.09 Å². The molecule has 0 aromatic heterocycles. The largest absolute Gasteiger partial charge is 0.508 e. The molecule has 5 heteroatoms. The molecule has 0 bridgehead atoms. The third-order valence-corrected chi connectivity index (χ3v) is 2.34. The van der Waals surface area contributed by atoms with Crippen LogP contribution in [0.1, 0.15) is 12.5 Å². The predicted molar refractivity (Wildman–Crippen MR) is 64.3 cm³/mol. The minimum absolute atomic E-state index is 0.0345. The summed E-state index contributed by atoms with van der Waals surface area (Å²) in [7, 11) is 0. The number of aryl methyl sites for hydroxylation is 1. The summed E-state index contributed by atoms with van der Waals surface area (Å²) in [4.78, 5) is 13.1. The van der Waals surface area contributed by atoms with E-state index in [1.54, 1.807) is 12.1 Å². The summed E-state index contributed by atoms with van der Waals surface area (Å²) in [6.45, 7) is 3.84. The van der Waals surface area contributed by atoms with Crippen LogP contribution in [0, 0.1) is 6.92 Å². The van der Waals surface area contributed by atoms with Gasteiger partial charge in [0.2, 0.25) is 0 Å². The standard InChI is InChI=1S/C12H17NO4/c1-3-13(12(16)17-7-6-14)11-8-10(15)5-4-9(11)2/h4-5,8,14-15H,3,6-7H2,1-2H3. The van der Waals surface area contributed by atoms with E-state index in [-0.39, 0.29) is 19.0 Å². The summed E-state index contributed by atoms with van der Waals surface area (Å²) in [5, 5.41) is 18.0. The average Bonchev–Trinajstić information content (AvgIpc) is 2.32. The number of phenolic OH excluding ortho intramolecular Hbond substituents is 1. The van der Waals surface area contributed by atoms with Crippen LogP contribution < -0.4 is 4.90 Å². The van der Waals surface area contributed by atoms with E-state index in [1.807, 2.05) is 13.8 Å². The molecule has 0 aliphatic carbocycles. The highest BCUT2D eigenvalue weighted by Gasteiger charge is 2.17. The Kier molecular flexibility index (Phi) is 4.78. The van der Waals surface area contributed by atoms with Gasteiger partial charge >= 0.3 is 6.09 Å². The number of hydrogen-bond donors (Lipinski definition) is 2. The monoisotopic (exact) mass is 239 g/mol. The first-order valence-corrected chi connectivity index (χ1v) is 5.45. The predicted octanol–water partition coefficient (Wildman–Crippen LogP) is 1.66. The van der Waals surface area contributed by atoms with Gasteiger partial charge in [-0.15, -0.1) is 0 Å². The molecule has 17 heavy (non-hydrogen) atoms. The number of benzene rings is 1. The molecule has 0 aliphatic heterocycles. The van der Waals surface area contributed by atoms with Gasteiger partial charge in [0.05, 0.1) is 12.3 Å². The van der Waals surface area contributed by atoms with Crippen molar-refractivity contribution >= 4 is 11.8 Å². The van der Waals surface area contributed by atoms with E-state index in [9.17, 15) is 9.90 Å². The van der Waals surface area contributed by atoms with E-state index in [0.717, 1.165) is 5.56 Å². The van der Waals surface area contributed by atoms with Crippen molar-refractivity contribution in [2.45, 2.75) is 13.8 Å². The highest BCUT2D eigenvalue weighted by atomic mass is 16.6. The van der Waals surface area contributed by atoms with Crippen LogP contribution in [0.3, 0.4) is 0 Å². The van der Waals surface area contributed by atoms with Crippen LogP contribution in [0.4, 0.5) is 10.5 Å². The summed E-state index contributed by atoms with van der Waals surface area (Å²) < 4.78 is 4.85. The van der Waals surface area contributed by atoms with E-state index in [2.05, 4.69) is 0 Å². The van der Waals surface area contributed by atoms with Gasteiger partial charge < -0.3 is 14.9 Å². The molecule has 0 spiro atoms. The summed E-state index contributed by atoms with van der Waals surface area (Å²) >= 11 is 0. The second kappa shape index (κ2) is 6.10. The molecule has 2 N–H and O–H groups in total. The first-order valence-electron chi connectivity index (χ1n) is 5.45. The first kappa shape index (κ1) is 13.3. The molecule has 0 radical (unpaired) electrons. The minimum atomic E-state index is -0.532. The lowest BCUT2D eigenvalue weighted by atomic mass is 10.2. The van der Waals surface area contributed by atoms with Gasteiger partial charge in [-0.25, -0.2) is 4.79 Å². The smallest absolute Gasteiger partial charge is 0.414 e. The van der Waals surface area contributed by atoms with Crippen LogP contribution in [0.2, 0.25) is 0 Å². The van der Waals surface area contributed by atoms with Crippen molar-refractivity contribution in [1.29, 1.82) is 0 Å². The summed E-state index contributed by atoms with van der Waals surface area (Å²) in [6.07, 6.45) is -0.532. The summed E-state index contributed by atoms with van der Waals surface area (Å²) in [6, 6.07) is 4.80. The Bertz CT molecular complexity index is 392. The SMILES string of the molecule is CCN(C(=O)OCCO)c1cc(O)ccc1C. The van der Waals surface area contributed by atoms with E-state index >= 15 is 0 Å². The lowest BCUT2D eigenvalue weighted by Gasteiger charge is -2.22. The fourth-order valence-corrected chi connectivity index (χ4v) is 1.50. The highest BCUT2D eigenvalue weighted by Crippen LogP contribution is 2.25. The van der Waals surface area contributed by atoms with Crippen molar-refractivity contribution in [2.24, 2.45) is 0 Å². The van der Waals surface area contributed by atoms with Crippen LogP contribution in [0.25, 0.3) is 0 Å². The number of hydrogen-bond acceptors (Lipinski definition) is 4. The summed E-state index contributed by atoms with van der Waals surface area (Å²) in [5.74, 6) is 0.0963. The Morgan fingerprint density at radius 1 is 1.47 bits per heavy atom. The van der Waals surface area contributed by atoms with Gasteiger partial charge in [-0.2, -0.15) is 0 Å². The Hall–Kier alpha value is -1.75. The van der Waals surface area contributed by atoms with E-state index in [4.69, 9.17) is 9.84 Å². The zero-order valence-corrected chi connectivity index (χ0v) is 10.0. The number of nitrogens with zero attached hydrogens (tertiary/aromatic N) is 1. The Morgan fingerprint density at radius 3 is 2.76 bits per heavy atom. The molecule has 1 amide bonds. The number of ether oxygens (including phenoxy) is 1. The number of anilines is 1. The number of carbonyl (C=O) groups excluding carboxylic acids is 1. The normalized spacial score (nSPS) is 10.1. The van der Waals surface area contributed by atoms with Crippen LogP contribution in [-0.4, -0.2) is 36.1 Å². The van der Waals surface area contributed by atoms with Crippen molar-refractivity contribution in [3.05, 3.63) is 23.8 Å². The third kappa shape index (κ3) is 3.35. The number of aromatic hydroxyl groups is 1. The van der Waals surface area contributed by atoms with Crippen molar-refractivity contribution in [3.63, 3.8) is 0 Å². The molecule has 0 atom stereocenters. The number of phenols is 1. The molecule has 0 aliphatic rings. The maximum absolute atomic E-state index is 11.7. The Morgan fingerprint density at radius 2 is 2.18 bits per heavy atom. The molecule has 1 aromatic rings. The maximum Gasteiger partial charge on any atom is 0.414 e. The highest BCUT2D eigenvalue weighted by molar-refractivity contribution is 5.88. The molecular weight excluding hydrogens is 222 g/mol. The second-order valence-corrected chi connectivity index (χ2v) is 3.55.